The first-order valence-electron chi connectivity index (χ1n) is 7.35. The minimum Gasteiger partial charge on any atom is -0.493 e. The highest BCUT2D eigenvalue weighted by molar-refractivity contribution is 5.96. The average molecular weight is 306 g/mol. The van der Waals surface area contributed by atoms with E-state index in [0.29, 0.717) is 22.8 Å². The number of carbonyl (C=O) groups is 1. The van der Waals surface area contributed by atoms with Crippen molar-refractivity contribution in [1.29, 1.82) is 0 Å². The van der Waals surface area contributed by atoms with Gasteiger partial charge in [-0.3, -0.25) is 4.79 Å². The van der Waals surface area contributed by atoms with Crippen molar-refractivity contribution in [3.8, 4) is 17.2 Å². The Bertz CT molecular complexity index is 536. The third-order valence-corrected chi connectivity index (χ3v) is 3.67. The molecule has 1 aliphatic rings. The number of benzene rings is 1. The van der Waals surface area contributed by atoms with Crippen molar-refractivity contribution in [2.75, 3.05) is 21.3 Å². The second-order valence-electron chi connectivity index (χ2n) is 5.09. The summed E-state index contributed by atoms with van der Waals surface area (Å²) in [5.74, 6) is 1.05. The monoisotopic (exact) mass is 306 g/mol. The minimum absolute atomic E-state index is 0.294. The third-order valence-electron chi connectivity index (χ3n) is 3.67. The average Bonchev–Trinajstić information content (AvgIpc) is 2.59. The topological polar surface area (TPSA) is 69.2 Å². The van der Waals surface area contributed by atoms with E-state index in [2.05, 4.69) is 10.5 Å². The van der Waals surface area contributed by atoms with Gasteiger partial charge in [-0.05, 0) is 37.8 Å². The predicted molar refractivity (Wildman–Crippen MR) is 84.1 cm³/mol. The minimum atomic E-state index is -0.294. The Morgan fingerprint density at radius 3 is 2.09 bits per heavy atom. The molecule has 0 aromatic heterocycles. The van der Waals surface area contributed by atoms with Gasteiger partial charge in [-0.2, -0.15) is 5.10 Å². The molecule has 1 saturated carbocycles. The largest absolute Gasteiger partial charge is 0.493 e. The molecule has 6 heteroatoms. The molecule has 1 aromatic carbocycles. The van der Waals surface area contributed by atoms with Gasteiger partial charge in [0.05, 0.1) is 21.3 Å². The molecule has 1 fully saturated rings. The molecule has 0 heterocycles. The maximum atomic E-state index is 12.3. The highest BCUT2D eigenvalue weighted by atomic mass is 16.5. The summed E-state index contributed by atoms with van der Waals surface area (Å²) in [5, 5.41) is 4.22. The van der Waals surface area contributed by atoms with Crippen LogP contribution in [0.25, 0.3) is 0 Å². The number of hydrogen-bond acceptors (Lipinski definition) is 5. The number of rotatable bonds is 5. The van der Waals surface area contributed by atoms with Gasteiger partial charge in [-0.25, -0.2) is 5.43 Å². The van der Waals surface area contributed by atoms with Crippen molar-refractivity contribution in [1.82, 2.24) is 5.43 Å². The van der Waals surface area contributed by atoms with E-state index in [9.17, 15) is 4.79 Å². The fourth-order valence-electron chi connectivity index (χ4n) is 2.48. The molecule has 0 atom stereocenters. The predicted octanol–water partition coefficient (Wildman–Crippen LogP) is 2.76. The molecule has 0 bridgehead atoms. The first-order valence-corrected chi connectivity index (χ1v) is 7.35. The van der Waals surface area contributed by atoms with Crippen molar-refractivity contribution in [2.45, 2.75) is 32.1 Å². The van der Waals surface area contributed by atoms with Gasteiger partial charge >= 0.3 is 0 Å². The molecule has 1 aliphatic carbocycles. The van der Waals surface area contributed by atoms with E-state index in [-0.39, 0.29) is 5.91 Å². The van der Waals surface area contributed by atoms with Crippen LogP contribution in [-0.2, 0) is 0 Å². The van der Waals surface area contributed by atoms with Crippen molar-refractivity contribution < 1.29 is 19.0 Å². The van der Waals surface area contributed by atoms with E-state index in [4.69, 9.17) is 14.2 Å². The highest BCUT2D eigenvalue weighted by Crippen LogP contribution is 2.38. The van der Waals surface area contributed by atoms with E-state index in [1.54, 1.807) is 12.1 Å². The van der Waals surface area contributed by atoms with E-state index >= 15 is 0 Å². The molecule has 22 heavy (non-hydrogen) atoms. The first-order chi connectivity index (χ1) is 10.7. The summed E-state index contributed by atoms with van der Waals surface area (Å²) in [7, 11) is 4.55. The Morgan fingerprint density at radius 2 is 1.59 bits per heavy atom. The summed E-state index contributed by atoms with van der Waals surface area (Å²) in [6.45, 7) is 0. The molecule has 0 unspecified atom stereocenters. The van der Waals surface area contributed by atoms with Crippen LogP contribution in [0.5, 0.6) is 17.2 Å². The fraction of sp³-hybridized carbons (Fsp3) is 0.500. The Labute approximate surface area is 130 Å². The molecule has 1 amide bonds. The standard InChI is InChI=1S/C16H22N2O4/c1-20-13-9-11(10-14(21-2)15(13)22-3)16(19)18-17-12-7-5-4-6-8-12/h9-10H,4-8H2,1-3H3,(H,18,19). The van der Waals surface area contributed by atoms with Crippen LogP contribution in [0, 0.1) is 0 Å². The lowest BCUT2D eigenvalue weighted by molar-refractivity contribution is 0.0953. The maximum absolute atomic E-state index is 12.3. The van der Waals surface area contributed by atoms with Crippen LogP contribution < -0.4 is 19.6 Å². The van der Waals surface area contributed by atoms with Crippen LogP contribution in [0.1, 0.15) is 42.5 Å². The second kappa shape index (κ2) is 7.68. The van der Waals surface area contributed by atoms with Crippen molar-refractivity contribution in [3.05, 3.63) is 17.7 Å². The number of methoxy groups -OCH3 is 3. The van der Waals surface area contributed by atoms with Gasteiger partial charge in [-0.15, -0.1) is 0 Å². The molecular weight excluding hydrogens is 284 g/mol. The van der Waals surface area contributed by atoms with E-state index < -0.39 is 0 Å². The number of nitrogens with one attached hydrogen (secondary N) is 1. The van der Waals surface area contributed by atoms with Gasteiger partial charge in [-0.1, -0.05) is 6.42 Å². The second-order valence-corrected chi connectivity index (χ2v) is 5.09. The van der Waals surface area contributed by atoms with Gasteiger partial charge in [0.15, 0.2) is 11.5 Å². The Morgan fingerprint density at radius 1 is 1.00 bits per heavy atom. The summed E-state index contributed by atoms with van der Waals surface area (Å²) in [5.41, 5.74) is 4.07. The lowest BCUT2D eigenvalue weighted by Gasteiger charge is -2.14. The van der Waals surface area contributed by atoms with Gasteiger partial charge in [0, 0.05) is 11.3 Å². The Hall–Kier alpha value is -2.24. The number of amides is 1. The number of ether oxygens (including phenoxy) is 3. The molecule has 6 nitrogen and oxygen atoms in total. The number of hydrogen-bond donors (Lipinski definition) is 1. The smallest absolute Gasteiger partial charge is 0.271 e. The highest BCUT2D eigenvalue weighted by Gasteiger charge is 2.17. The van der Waals surface area contributed by atoms with Crippen molar-refractivity contribution >= 4 is 11.6 Å². The summed E-state index contributed by atoms with van der Waals surface area (Å²) < 4.78 is 15.7. The maximum Gasteiger partial charge on any atom is 0.271 e. The van der Waals surface area contributed by atoms with Crippen LogP contribution >= 0.6 is 0 Å². The zero-order chi connectivity index (χ0) is 15.9. The summed E-state index contributed by atoms with van der Waals surface area (Å²) >= 11 is 0. The molecule has 0 radical (unpaired) electrons. The lowest BCUT2D eigenvalue weighted by Crippen LogP contribution is -2.20. The first kappa shape index (κ1) is 16.1. The summed E-state index contributed by atoms with van der Waals surface area (Å²) in [6.07, 6.45) is 5.42. The van der Waals surface area contributed by atoms with Gasteiger partial charge in [0.25, 0.3) is 5.91 Å². The van der Waals surface area contributed by atoms with E-state index in [1.165, 1.54) is 27.8 Å². The Kier molecular flexibility index (Phi) is 5.63. The van der Waals surface area contributed by atoms with Gasteiger partial charge in [0.2, 0.25) is 5.75 Å². The number of hydrazone groups is 1. The van der Waals surface area contributed by atoms with Crippen LogP contribution in [0.2, 0.25) is 0 Å². The zero-order valence-electron chi connectivity index (χ0n) is 13.3. The fourth-order valence-corrected chi connectivity index (χ4v) is 2.48. The number of nitrogens with zero attached hydrogens (tertiary/aromatic N) is 1. The normalized spacial score (nSPS) is 14.2. The van der Waals surface area contributed by atoms with Crippen molar-refractivity contribution in [3.63, 3.8) is 0 Å². The van der Waals surface area contributed by atoms with Crippen molar-refractivity contribution in [2.24, 2.45) is 5.10 Å². The molecule has 0 saturated heterocycles. The van der Waals surface area contributed by atoms with Crippen LogP contribution in [-0.4, -0.2) is 32.9 Å². The zero-order valence-corrected chi connectivity index (χ0v) is 13.3. The molecular formula is C16H22N2O4. The molecule has 120 valence electrons. The molecule has 2 rings (SSSR count). The summed E-state index contributed by atoms with van der Waals surface area (Å²) in [6, 6.07) is 3.22. The lowest BCUT2D eigenvalue weighted by atomic mass is 9.99. The Balaban J connectivity index is 2.18. The van der Waals surface area contributed by atoms with Crippen LogP contribution in [0.15, 0.2) is 17.2 Å². The quantitative estimate of drug-likeness (QED) is 0.849. The third kappa shape index (κ3) is 3.69. The van der Waals surface area contributed by atoms with Gasteiger partial charge < -0.3 is 14.2 Å². The molecule has 1 aromatic rings. The number of carbonyl (C=O) groups excluding carboxylic acids is 1. The molecule has 1 N–H and O–H groups in total. The van der Waals surface area contributed by atoms with Crippen LogP contribution in [0.3, 0.4) is 0 Å². The molecule has 0 spiro atoms. The van der Waals surface area contributed by atoms with E-state index in [0.717, 1.165) is 31.4 Å². The SMILES string of the molecule is COc1cc(C(=O)NN=C2CCCCC2)cc(OC)c1OC. The molecule has 0 aliphatic heterocycles. The van der Waals surface area contributed by atoms with Crippen LogP contribution in [0.4, 0.5) is 0 Å². The van der Waals surface area contributed by atoms with E-state index in [1.807, 2.05) is 0 Å². The summed E-state index contributed by atoms with van der Waals surface area (Å²) in [4.78, 5) is 12.3. The van der Waals surface area contributed by atoms with Gasteiger partial charge in [0.1, 0.15) is 0 Å².